The second-order valence-corrected chi connectivity index (χ2v) is 5.81. The Morgan fingerprint density at radius 2 is 1.77 bits per heavy atom. The first-order chi connectivity index (χ1) is 12.0. The number of nitriles is 1. The summed E-state index contributed by atoms with van der Waals surface area (Å²) >= 11 is 0. The highest BCUT2D eigenvalue weighted by Gasteiger charge is 2.25. The molecule has 0 aliphatic heterocycles. The molecule has 0 radical (unpaired) electrons. The number of carbonyl (C=O) groups excluding carboxylic acids is 1. The summed E-state index contributed by atoms with van der Waals surface area (Å²) in [6.07, 6.45) is 1.60. The number of hydrogen-bond donors (Lipinski definition) is 0. The van der Waals surface area contributed by atoms with Crippen LogP contribution in [0.3, 0.4) is 0 Å². The van der Waals surface area contributed by atoms with Crippen molar-refractivity contribution in [3.05, 3.63) is 66.6 Å². The molecule has 0 saturated heterocycles. The van der Waals surface area contributed by atoms with E-state index in [0.29, 0.717) is 5.57 Å². The van der Waals surface area contributed by atoms with Crippen molar-refractivity contribution in [2.45, 2.75) is 6.92 Å². The second-order valence-electron chi connectivity index (χ2n) is 5.81. The number of rotatable bonds is 3. The molecule has 6 heteroatoms. The van der Waals surface area contributed by atoms with Gasteiger partial charge < -0.3 is 24.0 Å². The summed E-state index contributed by atoms with van der Waals surface area (Å²) in [4.78, 5) is 13.6. The van der Waals surface area contributed by atoms with Gasteiger partial charge in [-0.1, -0.05) is 30.3 Å². The molecule has 3 aromatic rings. The van der Waals surface area contributed by atoms with Gasteiger partial charge in [-0.05, 0) is 24.3 Å². The van der Waals surface area contributed by atoms with E-state index in [0.717, 1.165) is 22.5 Å². The molecule has 3 rings (SSSR count). The molecular weight excluding hydrogens is 439 g/mol. The number of aryl methyl sites for hydroxylation is 2. The highest BCUT2D eigenvalue weighted by molar-refractivity contribution is 5.96. The van der Waals surface area contributed by atoms with Gasteiger partial charge >= 0.3 is 5.82 Å². The maximum atomic E-state index is 12.1. The van der Waals surface area contributed by atoms with E-state index < -0.39 is 0 Å². The first-order valence-electron chi connectivity index (χ1n) is 7.95. The van der Waals surface area contributed by atoms with Gasteiger partial charge in [-0.25, -0.2) is 9.13 Å². The Kier molecular flexibility index (Phi) is 6.16. The molecule has 0 spiro atoms. The maximum Gasteiger partial charge on any atom is 0.301 e. The van der Waals surface area contributed by atoms with E-state index in [1.165, 1.54) is 11.8 Å². The van der Waals surface area contributed by atoms with Crippen LogP contribution in [0.25, 0.3) is 16.6 Å². The van der Waals surface area contributed by atoms with Crippen LogP contribution in [0.2, 0.25) is 0 Å². The Bertz CT molecular complexity index is 976. The van der Waals surface area contributed by atoms with E-state index >= 15 is 0 Å². The molecule has 5 nitrogen and oxygen atoms in total. The van der Waals surface area contributed by atoms with Crippen LogP contribution in [0.15, 0.2) is 60.8 Å². The Balaban J connectivity index is 0.00000243. The van der Waals surface area contributed by atoms with Gasteiger partial charge in [-0.2, -0.15) is 5.26 Å². The smallest absolute Gasteiger partial charge is 0.301 e. The summed E-state index contributed by atoms with van der Waals surface area (Å²) < 4.78 is 3.93. The second kappa shape index (κ2) is 8.15. The van der Waals surface area contributed by atoms with Crippen LogP contribution in [-0.2, 0) is 18.9 Å². The Hall–Kier alpha value is -2.66. The fourth-order valence-corrected chi connectivity index (χ4v) is 3.05. The molecule has 0 fully saturated rings. The maximum absolute atomic E-state index is 12.1. The largest absolute Gasteiger partial charge is 1.00 e. The lowest BCUT2D eigenvalue weighted by molar-refractivity contribution is -0.648. The minimum atomic E-state index is -0.152. The highest BCUT2D eigenvalue weighted by Crippen LogP contribution is 2.21. The van der Waals surface area contributed by atoms with E-state index in [2.05, 4.69) is 6.07 Å². The van der Waals surface area contributed by atoms with Gasteiger partial charge in [-0.3, -0.25) is 9.69 Å². The average molecular weight is 458 g/mol. The first kappa shape index (κ1) is 19.7. The molecule has 1 heterocycles. The van der Waals surface area contributed by atoms with Gasteiger partial charge in [0.1, 0.15) is 6.07 Å². The van der Waals surface area contributed by atoms with E-state index in [4.69, 9.17) is 0 Å². The van der Waals surface area contributed by atoms with Gasteiger partial charge in [0.05, 0.1) is 14.1 Å². The lowest BCUT2D eigenvalue weighted by Crippen LogP contribution is -3.00. The molecule has 132 valence electrons. The summed E-state index contributed by atoms with van der Waals surface area (Å²) in [5, 5.41) is 9.75. The quantitative estimate of drug-likeness (QED) is 0.314. The number of halogens is 1. The van der Waals surface area contributed by atoms with Crippen molar-refractivity contribution < 1.29 is 33.3 Å². The molecule has 0 aliphatic carbocycles. The summed E-state index contributed by atoms with van der Waals surface area (Å²) in [6, 6.07) is 19.5. The van der Waals surface area contributed by atoms with E-state index in [-0.39, 0.29) is 29.9 Å². The molecular formula is C20H19IN4O. The number of imidazole rings is 1. The molecule has 0 unspecified atom stereocenters. The van der Waals surface area contributed by atoms with Gasteiger partial charge in [-0.15, -0.1) is 0 Å². The number of nitrogens with zero attached hydrogens (tertiary/aromatic N) is 4. The minimum absolute atomic E-state index is 0. The van der Waals surface area contributed by atoms with Crippen LogP contribution in [0.5, 0.6) is 0 Å². The average Bonchev–Trinajstić information content (AvgIpc) is 2.88. The molecule has 0 saturated carbocycles. The standard InChI is InChI=1S/C20H19N4O.HI/c1-15(25)24(17-9-5-4-6-10-17)14-16(13-21)20-22(2)18-11-7-8-12-19(18)23(20)3;/h4-12,14H,1-3H3;1H/q+1;/p-1. The molecule has 1 aromatic heterocycles. The molecule has 1 amide bonds. The van der Waals surface area contributed by atoms with Crippen molar-refractivity contribution in [1.29, 1.82) is 5.26 Å². The zero-order valence-electron chi connectivity index (χ0n) is 14.8. The third kappa shape index (κ3) is 3.48. The van der Waals surface area contributed by atoms with Gasteiger partial charge in [0, 0.05) is 18.8 Å². The Morgan fingerprint density at radius 3 is 2.35 bits per heavy atom. The van der Waals surface area contributed by atoms with Crippen LogP contribution in [0.1, 0.15) is 12.7 Å². The van der Waals surface area contributed by atoms with Crippen LogP contribution < -0.4 is 33.4 Å². The molecule has 2 aromatic carbocycles. The van der Waals surface area contributed by atoms with Gasteiger partial charge in [0.15, 0.2) is 16.6 Å². The van der Waals surface area contributed by atoms with Crippen LogP contribution >= 0.6 is 0 Å². The number of anilines is 1. The summed E-state index contributed by atoms with van der Waals surface area (Å²) in [5.41, 5.74) is 3.19. The number of carbonyl (C=O) groups is 1. The number of para-hydroxylation sites is 3. The number of hydrogen-bond acceptors (Lipinski definition) is 2. The van der Waals surface area contributed by atoms with Crippen LogP contribution in [0.4, 0.5) is 5.69 Å². The van der Waals surface area contributed by atoms with E-state index in [1.54, 1.807) is 6.20 Å². The van der Waals surface area contributed by atoms with Crippen LogP contribution in [-0.4, -0.2) is 10.5 Å². The van der Waals surface area contributed by atoms with E-state index in [9.17, 15) is 10.1 Å². The van der Waals surface area contributed by atoms with E-state index in [1.807, 2.05) is 77.8 Å². The fourth-order valence-electron chi connectivity index (χ4n) is 3.05. The van der Waals surface area contributed by atoms with Crippen molar-refractivity contribution in [3.63, 3.8) is 0 Å². The van der Waals surface area contributed by atoms with Crippen molar-refractivity contribution in [2.24, 2.45) is 14.1 Å². The fraction of sp³-hybridized carbons (Fsp3) is 0.150. The lowest BCUT2D eigenvalue weighted by atomic mass is 10.2. The molecule has 0 aliphatic rings. The summed E-state index contributed by atoms with van der Waals surface area (Å²) in [6.45, 7) is 1.49. The Morgan fingerprint density at radius 1 is 1.15 bits per heavy atom. The Labute approximate surface area is 169 Å². The van der Waals surface area contributed by atoms with Crippen molar-refractivity contribution >= 4 is 28.2 Å². The first-order valence-corrected chi connectivity index (χ1v) is 7.95. The molecule has 0 N–H and O–H groups in total. The zero-order chi connectivity index (χ0) is 18.0. The minimum Gasteiger partial charge on any atom is -1.00 e. The van der Waals surface area contributed by atoms with Crippen molar-refractivity contribution in [2.75, 3.05) is 4.90 Å². The molecule has 26 heavy (non-hydrogen) atoms. The van der Waals surface area contributed by atoms with Crippen molar-refractivity contribution in [3.8, 4) is 6.07 Å². The topological polar surface area (TPSA) is 52.9 Å². The predicted molar refractivity (Wildman–Crippen MR) is 97.3 cm³/mol. The van der Waals surface area contributed by atoms with Gasteiger partial charge in [0.25, 0.3) is 0 Å². The van der Waals surface area contributed by atoms with Gasteiger partial charge in [0.2, 0.25) is 5.91 Å². The molecule has 0 bridgehead atoms. The number of aromatic nitrogens is 2. The SMILES string of the molecule is CC(=O)N(/C=C(\C#N)c1n(C)c2ccccc2[n+]1C)c1ccccc1.[I-]. The number of fused-ring (bicyclic) bond motifs is 1. The summed E-state index contributed by atoms with van der Waals surface area (Å²) in [5.74, 6) is 0.589. The van der Waals surface area contributed by atoms with Crippen LogP contribution in [0, 0.1) is 11.3 Å². The summed E-state index contributed by atoms with van der Waals surface area (Å²) in [7, 11) is 3.84. The number of allylic oxidation sites excluding steroid dienone is 1. The number of benzene rings is 2. The predicted octanol–water partition coefficient (Wildman–Crippen LogP) is -0.0756. The third-order valence-electron chi connectivity index (χ3n) is 4.23. The zero-order valence-corrected chi connectivity index (χ0v) is 17.0. The molecule has 0 atom stereocenters. The normalized spacial score (nSPS) is 10.9. The van der Waals surface area contributed by atoms with Crippen molar-refractivity contribution in [1.82, 2.24) is 4.57 Å². The highest BCUT2D eigenvalue weighted by atomic mass is 127. The monoisotopic (exact) mass is 458 g/mol. The number of amides is 1. The lowest BCUT2D eigenvalue weighted by Gasteiger charge is -2.16. The third-order valence-corrected chi connectivity index (χ3v) is 4.23.